The van der Waals surface area contributed by atoms with Crippen LogP contribution in [0.4, 0.5) is 0 Å². The summed E-state index contributed by atoms with van der Waals surface area (Å²) in [6, 6.07) is 18.7. The number of hydrogen-bond acceptors (Lipinski definition) is 4. The number of benzene rings is 3. The maximum Gasteiger partial charge on any atom is 0.243 e. The van der Waals surface area contributed by atoms with Crippen molar-refractivity contribution in [2.24, 2.45) is 0 Å². The Hall–Kier alpha value is -2.94. The van der Waals surface area contributed by atoms with Crippen molar-refractivity contribution in [1.82, 2.24) is 14.5 Å². The van der Waals surface area contributed by atoms with Crippen molar-refractivity contribution >= 4 is 44.2 Å². The van der Waals surface area contributed by atoms with Crippen molar-refractivity contribution in [3.63, 3.8) is 0 Å². The first-order chi connectivity index (χ1) is 17.7. The van der Waals surface area contributed by atoms with Gasteiger partial charge in [-0.3, -0.25) is 9.59 Å². The Labute approximate surface area is 224 Å². The third kappa shape index (κ3) is 7.09. The molecule has 3 aromatic rings. The quantitative estimate of drug-likeness (QED) is 0.331. The van der Waals surface area contributed by atoms with Gasteiger partial charge in [0.2, 0.25) is 21.8 Å². The molecule has 9 heteroatoms. The number of carbonyl (C=O) groups excluding carboxylic acids is 2. The smallest absolute Gasteiger partial charge is 0.243 e. The van der Waals surface area contributed by atoms with E-state index in [1.807, 2.05) is 44.2 Å². The first-order valence-corrected chi connectivity index (χ1v) is 14.3. The molecular formula is C28H34ClN3O4S. The van der Waals surface area contributed by atoms with Gasteiger partial charge in [0.15, 0.2) is 0 Å². The second kappa shape index (κ2) is 13.0. The summed E-state index contributed by atoms with van der Waals surface area (Å²) in [5.41, 5.74) is 0.678. The van der Waals surface area contributed by atoms with Crippen LogP contribution in [-0.2, 0) is 26.2 Å². The van der Waals surface area contributed by atoms with Gasteiger partial charge in [-0.05, 0) is 47.4 Å². The van der Waals surface area contributed by atoms with E-state index in [2.05, 4.69) is 5.32 Å². The number of carbonyl (C=O) groups is 2. The molecule has 198 valence electrons. The third-order valence-corrected chi connectivity index (χ3v) is 8.47. The van der Waals surface area contributed by atoms with Crippen molar-refractivity contribution in [3.8, 4) is 0 Å². The summed E-state index contributed by atoms with van der Waals surface area (Å²) in [4.78, 5) is 28.1. The Bertz CT molecular complexity index is 1350. The fraction of sp³-hybridized carbons (Fsp3) is 0.357. The lowest BCUT2D eigenvalue weighted by Gasteiger charge is -2.32. The molecule has 0 bridgehead atoms. The number of unbranched alkanes of at least 4 members (excludes halogenated alkanes) is 1. The highest BCUT2D eigenvalue weighted by Gasteiger charge is 2.32. The molecule has 0 spiro atoms. The topological polar surface area (TPSA) is 86.8 Å². The molecule has 0 radical (unpaired) electrons. The standard InChI is InChI=1S/C28H34ClN3O4S/c1-4-6-17-30-28(34)26(5-2)32(19-23-13-9-10-14-25(23)29)27(33)20-31(3)37(35,36)24-16-15-21-11-7-8-12-22(21)18-24/h7-16,18,26H,4-6,17,19-20H2,1-3H3,(H,30,34)/t26-/m0/s1. The molecule has 0 aromatic heterocycles. The van der Waals surface area contributed by atoms with Gasteiger partial charge in [-0.2, -0.15) is 4.31 Å². The summed E-state index contributed by atoms with van der Waals surface area (Å²) in [6.45, 7) is 4.03. The summed E-state index contributed by atoms with van der Waals surface area (Å²) >= 11 is 6.36. The van der Waals surface area contributed by atoms with Crippen LogP contribution >= 0.6 is 11.6 Å². The minimum atomic E-state index is -3.95. The lowest BCUT2D eigenvalue weighted by atomic mass is 10.1. The van der Waals surface area contributed by atoms with Crippen LogP contribution in [0.5, 0.6) is 0 Å². The average molecular weight is 544 g/mol. The van der Waals surface area contributed by atoms with E-state index in [4.69, 9.17) is 11.6 Å². The number of halogens is 1. The Morgan fingerprint density at radius 2 is 1.65 bits per heavy atom. The number of rotatable bonds is 12. The number of nitrogens with one attached hydrogen (secondary N) is 1. The molecule has 7 nitrogen and oxygen atoms in total. The number of nitrogens with zero attached hydrogens (tertiary/aromatic N) is 2. The van der Waals surface area contributed by atoms with Gasteiger partial charge in [0, 0.05) is 25.2 Å². The van der Waals surface area contributed by atoms with E-state index >= 15 is 0 Å². The molecule has 0 unspecified atom stereocenters. The lowest BCUT2D eigenvalue weighted by Crippen LogP contribution is -2.51. The SMILES string of the molecule is CCCCNC(=O)[C@H](CC)N(Cc1ccccc1Cl)C(=O)CN(C)S(=O)(=O)c1ccc2ccccc2c1. The molecule has 37 heavy (non-hydrogen) atoms. The van der Waals surface area contributed by atoms with E-state index < -0.39 is 28.5 Å². The van der Waals surface area contributed by atoms with Gasteiger partial charge in [0.1, 0.15) is 6.04 Å². The zero-order valence-corrected chi connectivity index (χ0v) is 23.1. The molecule has 0 aliphatic rings. The number of hydrogen-bond donors (Lipinski definition) is 1. The maximum absolute atomic E-state index is 13.6. The summed E-state index contributed by atoms with van der Waals surface area (Å²) in [7, 11) is -2.58. The van der Waals surface area contributed by atoms with Gasteiger partial charge in [-0.1, -0.05) is 80.4 Å². The largest absolute Gasteiger partial charge is 0.354 e. The maximum atomic E-state index is 13.6. The van der Waals surface area contributed by atoms with Crippen LogP contribution in [0.25, 0.3) is 10.8 Å². The minimum Gasteiger partial charge on any atom is -0.354 e. The van der Waals surface area contributed by atoms with Gasteiger partial charge in [0.25, 0.3) is 0 Å². The van der Waals surface area contributed by atoms with Crippen molar-refractivity contribution in [3.05, 3.63) is 77.3 Å². The number of fused-ring (bicyclic) bond motifs is 1. The zero-order valence-electron chi connectivity index (χ0n) is 21.5. The molecule has 2 amide bonds. The third-order valence-electron chi connectivity index (χ3n) is 6.30. The fourth-order valence-corrected chi connectivity index (χ4v) is 5.46. The van der Waals surface area contributed by atoms with E-state index in [9.17, 15) is 18.0 Å². The summed E-state index contributed by atoms with van der Waals surface area (Å²) in [5, 5.41) is 5.08. The van der Waals surface area contributed by atoms with Crippen LogP contribution in [0, 0.1) is 0 Å². The monoisotopic (exact) mass is 543 g/mol. The van der Waals surface area contributed by atoms with Crippen molar-refractivity contribution in [2.45, 2.75) is 50.6 Å². The first kappa shape index (κ1) is 28.6. The van der Waals surface area contributed by atoms with E-state index in [-0.39, 0.29) is 17.3 Å². The van der Waals surface area contributed by atoms with Crippen LogP contribution in [0.3, 0.4) is 0 Å². The Kier molecular flexibility index (Phi) is 10.1. The second-order valence-electron chi connectivity index (χ2n) is 8.95. The number of likely N-dealkylation sites (N-methyl/N-ethyl adjacent to an activating group) is 1. The molecule has 0 aliphatic heterocycles. The van der Waals surface area contributed by atoms with E-state index in [0.717, 1.165) is 27.9 Å². The normalized spacial score (nSPS) is 12.5. The van der Waals surface area contributed by atoms with Crippen LogP contribution in [-0.4, -0.2) is 55.6 Å². The van der Waals surface area contributed by atoms with E-state index in [0.29, 0.717) is 23.6 Å². The number of amides is 2. The molecule has 0 saturated heterocycles. The van der Waals surface area contributed by atoms with Crippen molar-refractivity contribution < 1.29 is 18.0 Å². The molecule has 1 atom stereocenters. The van der Waals surface area contributed by atoms with Gasteiger partial charge >= 0.3 is 0 Å². The average Bonchev–Trinajstić information content (AvgIpc) is 2.89. The summed E-state index contributed by atoms with van der Waals surface area (Å²) in [5.74, 6) is -0.749. The molecule has 0 heterocycles. The molecule has 0 fully saturated rings. The molecule has 3 aromatic carbocycles. The highest BCUT2D eigenvalue weighted by molar-refractivity contribution is 7.89. The Balaban J connectivity index is 1.87. The molecule has 0 saturated carbocycles. The highest BCUT2D eigenvalue weighted by atomic mass is 35.5. The van der Waals surface area contributed by atoms with Crippen LogP contribution in [0.2, 0.25) is 5.02 Å². The fourth-order valence-electron chi connectivity index (χ4n) is 4.11. The Morgan fingerprint density at radius 3 is 2.32 bits per heavy atom. The lowest BCUT2D eigenvalue weighted by molar-refractivity contribution is -0.141. The minimum absolute atomic E-state index is 0.0854. The van der Waals surface area contributed by atoms with Crippen LogP contribution in [0.15, 0.2) is 71.6 Å². The predicted molar refractivity (Wildman–Crippen MR) is 148 cm³/mol. The highest BCUT2D eigenvalue weighted by Crippen LogP contribution is 2.23. The molecule has 1 N–H and O–H groups in total. The van der Waals surface area contributed by atoms with Gasteiger partial charge in [-0.15, -0.1) is 0 Å². The van der Waals surface area contributed by atoms with Crippen LogP contribution in [0.1, 0.15) is 38.7 Å². The molecule has 0 aliphatic carbocycles. The molecule has 3 rings (SSSR count). The first-order valence-electron chi connectivity index (χ1n) is 12.4. The van der Waals surface area contributed by atoms with Gasteiger partial charge in [-0.25, -0.2) is 8.42 Å². The zero-order chi connectivity index (χ0) is 27.0. The Morgan fingerprint density at radius 1 is 0.973 bits per heavy atom. The van der Waals surface area contributed by atoms with Gasteiger partial charge < -0.3 is 10.2 Å². The van der Waals surface area contributed by atoms with Crippen molar-refractivity contribution in [2.75, 3.05) is 20.1 Å². The predicted octanol–water partition coefficient (Wildman–Crippen LogP) is 4.84. The second-order valence-corrected chi connectivity index (χ2v) is 11.4. The van der Waals surface area contributed by atoms with Gasteiger partial charge in [0.05, 0.1) is 11.4 Å². The molecular weight excluding hydrogens is 510 g/mol. The van der Waals surface area contributed by atoms with E-state index in [1.54, 1.807) is 30.3 Å². The van der Waals surface area contributed by atoms with Crippen molar-refractivity contribution in [1.29, 1.82) is 0 Å². The van der Waals surface area contributed by atoms with E-state index in [1.165, 1.54) is 18.0 Å². The summed E-state index contributed by atoms with van der Waals surface area (Å²) < 4.78 is 27.7. The summed E-state index contributed by atoms with van der Waals surface area (Å²) in [6.07, 6.45) is 2.12. The van der Waals surface area contributed by atoms with Crippen LogP contribution < -0.4 is 5.32 Å². The number of sulfonamides is 1.